The third kappa shape index (κ3) is 6.16. The van der Waals surface area contributed by atoms with E-state index in [1.54, 1.807) is 11.0 Å². The van der Waals surface area contributed by atoms with E-state index in [2.05, 4.69) is 10.6 Å². The molecule has 0 aromatic heterocycles. The molecule has 3 rings (SSSR count). The summed E-state index contributed by atoms with van der Waals surface area (Å²) in [5.41, 5.74) is 12.2. The van der Waals surface area contributed by atoms with E-state index in [-0.39, 0.29) is 6.03 Å². The van der Waals surface area contributed by atoms with Crippen LogP contribution in [0.3, 0.4) is 0 Å². The highest BCUT2D eigenvalue weighted by Crippen LogP contribution is 2.34. The van der Waals surface area contributed by atoms with Gasteiger partial charge in [0.1, 0.15) is 0 Å². The molecule has 5 nitrogen and oxygen atoms in total. The molecule has 0 radical (unpaired) electrons. The van der Waals surface area contributed by atoms with Crippen molar-refractivity contribution in [1.82, 2.24) is 0 Å². The fraction of sp³-hybridized carbons (Fsp3) is 0.296. The number of carbonyl (C=O) groups is 1. The van der Waals surface area contributed by atoms with Crippen LogP contribution >= 0.6 is 23.2 Å². The second-order valence-corrected chi connectivity index (χ2v) is 8.87. The highest BCUT2D eigenvalue weighted by Gasteiger charge is 2.21. The van der Waals surface area contributed by atoms with Crippen molar-refractivity contribution in [2.24, 2.45) is 0 Å². The molecule has 0 aliphatic heterocycles. The van der Waals surface area contributed by atoms with Crippen LogP contribution in [0, 0.1) is 0 Å². The molecule has 0 heterocycles. The van der Waals surface area contributed by atoms with E-state index in [0.717, 1.165) is 34.6 Å². The Morgan fingerprint density at radius 2 is 1.59 bits per heavy atom. The number of benzene rings is 3. The van der Waals surface area contributed by atoms with E-state index in [0.29, 0.717) is 47.2 Å². The molecule has 0 spiro atoms. The Morgan fingerprint density at radius 1 is 0.941 bits per heavy atom. The molecule has 7 heteroatoms. The van der Waals surface area contributed by atoms with E-state index < -0.39 is 0 Å². The van der Waals surface area contributed by atoms with E-state index in [1.165, 1.54) is 0 Å². The molecule has 2 amide bonds. The lowest BCUT2D eigenvalue weighted by atomic mass is 10.0. The average molecular weight is 499 g/mol. The van der Waals surface area contributed by atoms with Gasteiger partial charge in [-0.15, -0.1) is 0 Å². The molecule has 3 aromatic carbocycles. The highest BCUT2D eigenvalue weighted by atomic mass is 35.5. The minimum Gasteiger partial charge on any atom is -0.398 e. The molecule has 4 N–H and O–H groups in total. The van der Waals surface area contributed by atoms with Gasteiger partial charge in [-0.1, -0.05) is 49.2 Å². The minimum atomic E-state index is -0.226. The zero-order valence-corrected chi connectivity index (χ0v) is 21.4. The summed E-state index contributed by atoms with van der Waals surface area (Å²) in [7, 11) is 0. The number of carbonyl (C=O) groups excluding carboxylic acids is 1. The van der Waals surface area contributed by atoms with Gasteiger partial charge in [0.25, 0.3) is 0 Å². The van der Waals surface area contributed by atoms with Gasteiger partial charge in [0.05, 0.1) is 5.69 Å². The Bertz CT molecular complexity index is 1090. The fourth-order valence-corrected chi connectivity index (χ4v) is 4.48. The van der Waals surface area contributed by atoms with E-state index in [9.17, 15) is 4.79 Å². The van der Waals surface area contributed by atoms with Gasteiger partial charge in [0.2, 0.25) is 0 Å². The van der Waals surface area contributed by atoms with E-state index in [1.807, 2.05) is 69.3 Å². The van der Waals surface area contributed by atoms with Crippen molar-refractivity contribution in [3.8, 4) is 0 Å². The van der Waals surface area contributed by atoms with Crippen molar-refractivity contribution in [2.45, 2.75) is 40.0 Å². The van der Waals surface area contributed by atoms with Crippen LogP contribution in [0.15, 0.2) is 54.6 Å². The molecule has 0 aliphatic rings. The lowest BCUT2D eigenvalue weighted by Gasteiger charge is -2.26. The van der Waals surface area contributed by atoms with Gasteiger partial charge >= 0.3 is 6.03 Å². The first-order chi connectivity index (χ1) is 16.4. The van der Waals surface area contributed by atoms with Gasteiger partial charge in [0.15, 0.2) is 0 Å². The number of nitrogen functional groups attached to an aromatic ring is 1. The summed E-state index contributed by atoms with van der Waals surface area (Å²) >= 11 is 12.5. The van der Waals surface area contributed by atoms with Crippen molar-refractivity contribution in [2.75, 3.05) is 34.4 Å². The molecule has 0 saturated carbocycles. The topological polar surface area (TPSA) is 70.4 Å². The molecular weight excluding hydrogens is 467 g/mol. The summed E-state index contributed by atoms with van der Waals surface area (Å²) in [6, 6.07) is 17.1. The van der Waals surface area contributed by atoms with Crippen LogP contribution in [0.25, 0.3) is 0 Å². The summed E-state index contributed by atoms with van der Waals surface area (Å²) in [4.78, 5) is 15.4. The predicted molar refractivity (Wildman–Crippen MR) is 147 cm³/mol. The number of hydrogen-bond donors (Lipinski definition) is 3. The first-order valence-corrected chi connectivity index (χ1v) is 12.4. The van der Waals surface area contributed by atoms with Gasteiger partial charge < -0.3 is 16.4 Å². The second kappa shape index (κ2) is 12.0. The monoisotopic (exact) mass is 498 g/mol. The second-order valence-electron chi connectivity index (χ2n) is 8.02. The smallest absolute Gasteiger partial charge is 0.326 e. The maximum atomic E-state index is 13.7. The number of urea groups is 1. The Labute approximate surface area is 212 Å². The number of nitrogens with two attached hydrogens (primary N) is 1. The van der Waals surface area contributed by atoms with Crippen molar-refractivity contribution in [1.29, 1.82) is 0 Å². The summed E-state index contributed by atoms with van der Waals surface area (Å²) in [5, 5.41) is 7.68. The van der Waals surface area contributed by atoms with Gasteiger partial charge in [-0.2, -0.15) is 0 Å². The average Bonchev–Trinajstić information content (AvgIpc) is 2.82. The SMILES string of the molecule is CCNc1ccc(N(CCc2ccc(Cl)cc2)C(=O)Nc2c(CC)c(N)cc(Cl)c2CC)cc1. The largest absolute Gasteiger partial charge is 0.398 e. The van der Waals surface area contributed by atoms with Crippen LogP contribution in [0.5, 0.6) is 0 Å². The lowest BCUT2D eigenvalue weighted by molar-refractivity contribution is 0.257. The van der Waals surface area contributed by atoms with Crippen LogP contribution in [-0.4, -0.2) is 19.1 Å². The summed E-state index contributed by atoms with van der Waals surface area (Å²) in [6.45, 7) is 7.41. The number of anilines is 4. The van der Waals surface area contributed by atoms with Crippen molar-refractivity contribution in [3.05, 3.63) is 81.3 Å². The van der Waals surface area contributed by atoms with Crippen LogP contribution in [0.2, 0.25) is 10.0 Å². The molecule has 0 aliphatic carbocycles. The van der Waals surface area contributed by atoms with Crippen molar-refractivity contribution >= 4 is 52.0 Å². The maximum Gasteiger partial charge on any atom is 0.326 e. The minimum absolute atomic E-state index is 0.226. The summed E-state index contributed by atoms with van der Waals surface area (Å²) in [5.74, 6) is 0. The molecule has 180 valence electrons. The third-order valence-corrected chi connectivity index (χ3v) is 6.39. The fourth-order valence-electron chi connectivity index (χ4n) is 4.01. The maximum absolute atomic E-state index is 13.7. The molecule has 0 bridgehead atoms. The lowest BCUT2D eigenvalue weighted by Crippen LogP contribution is -2.37. The van der Waals surface area contributed by atoms with Crippen LogP contribution in [-0.2, 0) is 19.3 Å². The van der Waals surface area contributed by atoms with Crippen LogP contribution < -0.4 is 21.3 Å². The first-order valence-electron chi connectivity index (χ1n) is 11.6. The van der Waals surface area contributed by atoms with Gasteiger partial charge in [-0.25, -0.2) is 4.79 Å². The highest BCUT2D eigenvalue weighted by molar-refractivity contribution is 6.32. The van der Waals surface area contributed by atoms with Crippen molar-refractivity contribution in [3.63, 3.8) is 0 Å². The molecule has 0 fully saturated rings. The van der Waals surface area contributed by atoms with Gasteiger partial charge in [0, 0.05) is 40.2 Å². The standard InChI is InChI=1S/C27H32Cl2N4O/c1-4-22-24(29)17-25(30)23(5-2)26(22)32-27(34)33(16-15-18-7-9-19(28)10-8-18)21-13-11-20(12-14-21)31-6-3/h7-14,17,31H,4-6,15-16,30H2,1-3H3,(H,32,34). The van der Waals surface area contributed by atoms with E-state index in [4.69, 9.17) is 28.9 Å². The first kappa shape index (κ1) is 25.7. The third-order valence-electron chi connectivity index (χ3n) is 5.80. The Hall–Kier alpha value is -2.89. The predicted octanol–water partition coefficient (Wildman–Crippen LogP) is 7.41. The number of rotatable bonds is 9. The van der Waals surface area contributed by atoms with Crippen molar-refractivity contribution < 1.29 is 4.79 Å². The quantitative estimate of drug-likeness (QED) is 0.269. The Balaban J connectivity index is 1.93. The molecular formula is C27H32Cl2N4O. The van der Waals surface area contributed by atoms with E-state index >= 15 is 0 Å². The molecule has 34 heavy (non-hydrogen) atoms. The zero-order valence-electron chi connectivity index (χ0n) is 19.9. The summed E-state index contributed by atoms with van der Waals surface area (Å²) in [6.07, 6.45) is 2.05. The molecule has 3 aromatic rings. The number of amides is 2. The normalized spacial score (nSPS) is 10.7. The Morgan fingerprint density at radius 3 is 2.18 bits per heavy atom. The number of halogens is 2. The Kier molecular flexibility index (Phi) is 9.08. The van der Waals surface area contributed by atoms with Crippen LogP contribution in [0.4, 0.5) is 27.5 Å². The molecule has 0 saturated heterocycles. The number of nitrogens with zero attached hydrogens (tertiary/aromatic N) is 1. The van der Waals surface area contributed by atoms with Crippen LogP contribution in [0.1, 0.15) is 37.5 Å². The molecule has 0 atom stereocenters. The van der Waals surface area contributed by atoms with Gasteiger partial charge in [-0.3, -0.25) is 4.90 Å². The zero-order chi connectivity index (χ0) is 24.7. The number of hydrogen-bond acceptors (Lipinski definition) is 3. The number of nitrogens with one attached hydrogen (secondary N) is 2. The summed E-state index contributed by atoms with van der Waals surface area (Å²) < 4.78 is 0. The van der Waals surface area contributed by atoms with Gasteiger partial charge in [-0.05, 0) is 85.3 Å². The molecule has 0 unspecified atom stereocenters.